The second-order valence-electron chi connectivity index (χ2n) is 5.47. The van der Waals surface area contributed by atoms with Gasteiger partial charge in [0.15, 0.2) is 0 Å². The van der Waals surface area contributed by atoms with Crippen LogP contribution in [-0.4, -0.2) is 24.7 Å². The topological polar surface area (TPSA) is 64.4 Å². The van der Waals surface area contributed by atoms with Crippen molar-refractivity contribution in [1.82, 2.24) is 5.32 Å². The Bertz CT molecular complexity index is 526. The first-order valence-corrected chi connectivity index (χ1v) is 7.12. The molecular weight excluding hydrogens is 295 g/mol. The fourth-order valence-corrected chi connectivity index (χ4v) is 3.10. The van der Waals surface area contributed by atoms with Crippen LogP contribution in [0.25, 0.3) is 0 Å². The summed E-state index contributed by atoms with van der Waals surface area (Å²) in [6.45, 7) is 0.446. The van der Waals surface area contributed by atoms with Gasteiger partial charge in [-0.2, -0.15) is 0 Å². The zero-order chi connectivity index (χ0) is 14.1. The van der Waals surface area contributed by atoms with Gasteiger partial charge in [0.2, 0.25) is 5.91 Å². The molecule has 1 aromatic rings. The Labute approximate surface area is 129 Å². The van der Waals surface area contributed by atoms with Crippen LogP contribution in [0.1, 0.15) is 36.4 Å². The molecule has 21 heavy (non-hydrogen) atoms. The molecule has 1 unspecified atom stereocenters. The molecule has 1 aromatic carbocycles. The van der Waals surface area contributed by atoms with Gasteiger partial charge in [-0.15, -0.1) is 12.4 Å². The number of fused-ring (bicyclic) bond motifs is 1. The quantitative estimate of drug-likeness (QED) is 0.895. The van der Waals surface area contributed by atoms with E-state index in [1.54, 1.807) is 6.07 Å². The number of nitrogens with one attached hydrogen (secondary N) is 1. The van der Waals surface area contributed by atoms with Crippen LogP contribution in [0.2, 0.25) is 0 Å². The van der Waals surface area contributed by atoms with Gasteiger partial charge in [-0.05, 0) is 42.9 Å². The van der Waals surface area contributed by atoms with Crippen LogP contribution in [0.15, 0.2) is 18.2 Å². The third-order valence-corrected chi connectivity index (χ3v) is 4.19. The SMILES string of the molecule is Cl.NC[C@H]1CC[C@@H](C(=O)NC2CCc3c(F)cccc32)O1. The zero-order valence-electron chi connectivity index (χ0n) is 11.7. The summed E-state index contributed by atoms with van der Waals surface area (Å²) in [5.41, 5.74) is 7.16. The third-order valence-electron chi connectivity index (χ3n) is 4.19. The molecule has 0 bridgehead atoms. The van der Waals surface area contributed by atoms with Crippen LogP contribution in [0.5, 0.6) is 0 Å². The Kier molecular flexibility index (Phi) is 5.19. The lowest BCUT2D eigenvalue weighted by molar-refractivity contribution is -0.132. The number of benzene rings is 1. The van der Waals surface area contributed by atoms with Crippen molar-refractivity contribution < 1.29 is 13.9 Å². The van der Waals surface area contributed by atoms with Gasteiger partial charge < -0.3 is 15.8 Å². The highest BCUT2D eigenvalue weighted by Crippen LogP contribution is 2.33. The van der Waals surface area contributed by atoms with Crippen LogP contribution < -0.4 is 11.1 Å². The van der Waals surface area contributed by atoms with Crippen LogP contribution in [0.3, 0.4) is 0 Å². The molecule has 6 heteroatoms. The maximum Gasteiger partial charge on any atom is 0.249 e. The second kappa shape index (κ2) is 6.73. The van der Waals surface area contributed by atoms with Crippen LogP contribution >= 0.6 is 12.4 Å². The van der Waals surface area contributed by atoms with Crippen molar-refractivity contribution in [3.63, 3.8) is 0 Å². The minimum Gasteiger partial charge on any atom is -0.364 e. The Morgan fingerprint density at radius 2 is 2.19 bits per heavy atom. The number of rotatable bonds is 3. The Morgan fingerprint density at radius 1 is 1.38 bits per heavy atom. The molecule has 116 valence electrons. The Morgan fingerprint density at radius 3 is 2.90 bits per heavy atom. The number of carbonyl (C=O) groups is 1. The molecule has 1 aliphatic heterocycles. The van der Waals surface area contributed by atoms with Gasteiger partial charge >= 0.3 is 0 Å². The predicted molar refractivity (Wildman–Crippen MR) is 79.8 cm³/mol. The normalized spacial score (nSPS) is 27.0. The number of halogens is 2. The van der Waals surface area contributed by atoms with E-state index in [9.17, 15) is 9.18 Å². The molecule has 1 saturated heterocycles. The predicted octanol–water partition coefficient (Wildman–Crippen LogP) is 1.86. The highest BCUT2D eigenvalue weighted by Gasteiger charge is 2.33. The first-order valence-electron chi connectivity index (χ1n) is 7.12. The molecule has 4 nitrogen and oxygen atoms in total. The summed E-state index contributed by atoms with van der Waals surface area (Å²) in [5.74, 6) is -0.289. The van der Waals surface area contributed by atoms with Gasteiger partial charge in [-0.25, -0.2) is 4.39 Å². The highest BCUT2D eigenvalue weighted by atomic mass is 35.5. The molecule has 3 N–H and O–H groups in total. The molecule has 3 rings (SSSR count). The smallest absolute Gasteiger partial charge is 0.249 e. The number of hydrogen-bond acceptors (Lipinski definition) is 3. The van der Waals surface area contributed by atoms with Crippen molar-refractivity contribution in [2.45, 2.75) is 43.9 Å². The van der Waals surface area contributed by atoms with E-state index in [0.29, 0.717) is 19.4 Å². The fourth-order valence-electron chi connectivity index (χ4n) is 3.10. The number of amides is 1. The van der Waals surface area contributed by atoms with E-state index < -0.39 is 6.10 Å². The first kappa shape index (κ1) is 16.2. The van der Waals surface area contributed by atoms with E-state index in [1.165, 1.54) is 6.07 Å². The largest absolute Gasteiger partial charge is 0.364 e. The van der Waals surface area contributed by atoms with E-state index in [0.717, 1.165) is 24.0 Å². The summed E-state index contributed by atoms with van der Waals surface area (Å²) in [5, 5.41) is 2.98. The van der Waals surface area contributed by atoms with Crippen molar-refractivity contribution in [3.8, 4) is 0 Å². The van der Waals surface area contributed by atoms with Crippen molar-refractivity contribution in [1.29, 1.82) is 0 Å². The summed E-state index contributed by atoms with van der Waals surface area (Å²) < 4.78 is 19.2. The third kappa shape index (κ3) is 3.20. The maximum atomic E-state index is 13.6. The number of ether oxygens (including phenoxy) is 1. The number of carbonyl (C=O) groups excluding carboxylic acids is 1. The molecule has 0 spiro atoms. The molecule has 0 saturated carbocycles. The first-order chi connectivity index (χ1) is 9.69. The summed E-state index contributed by atoms with van der Waals surface area (Å²) in [4.78, 5) is 12.2. The van der Waals surface area contributed by atoms with Crippen molar-refractivity contribution >= 4 is 18.3 Å². The molecule has 0 aromatic heterocycles. The van der Waals surface area contributed by atoms with E-state index in [-0.39, 0.29) is 36.3 Å². The van der Waals surface area contributed by atoms with E-state index in [4.69, 9.17) is 10.5 Å². The second-order valence-corrected chi connectivity index (χ2v) is 5.47. The van der Waals surface area contributed by atoms with Crippen molar-refractivity contribution in [2.75, 3.05) is 6.54 Å². The van der Waals surface area contributed by atoms with Gasteiger partial charge in [-0.1, -0.05) is 12.1 Å². The number of nitrogens with two attached hydrogens (primary N) is 1. The van der Waals surface area contributed by atoms with E-state index in [1.807, 2.05) is 6.07 Å². The van der Waals surface area contributed by atoms with Crippen LogP contribution in [0, 0.1) is 5.82 Å². The minimum absolute atomic E-state index is 0. The monoisotopic (exact) mass is 314 g/mol. The van der Waals surface area contributed by atoms with Crippen LogP contribution in [-0.2, 0) is 16.0 Å². The van der Waals surface area contributed by atoms with E-state index >= 15 is 0 Å². The molecule has 1 heterocycles. The van der Waals surface area contributed by atoms with Gasteiger partial charge in [0.05, 0.1) is 12.1 Å². The lowest BCUT2D eigenvalue weighted by Gasteiger charge is -2.18. The molecule has 1 aliphatic carbocycles. The minimum atomic E-state index is -0.416. The van der Waals surface area contributed by atoms with Crippen LogP contribution in [0.4, 0.5) is 4.39 Å². The van der Waals surface area contributed by atoms with Crippen molar-refractivity contribution in [2.24, 2.45) is 5.73 Å². The molecule has 0 radical (unpaired) electrons. The van der Waals surface area contributed by atoms with Gasteiger partial charge in [-0.3, -0.25) is 4.79 Å². The standard InChI is InChI=1S/C15H19FN2O2.ClH/c16-12-3-1-2-11-10(12)5-6-13(11)18-15(19)14-7-4-9(8-17)20-14;/h1-3,9,13-14H,4-8,17H2,(H,18,19);1H/t9-,13?,14+;/m1./s1. The maximum absolute atomic E-state index is 13.6. The summed E-state index contributed by atoms with van der Waals surface area (Å²) in [7, 11) is 0. The highest BCUT2D eigenvalue weighted by molar-refractivity contribution is 5.85. The average molecular weight is 315 g/mol. The van der Waals surface area contributed by atoms with Gasteiger partial charge in [0.25, 0.3) is 0 Å². The number of hydrogen-bond donors (Lipinski definition) is 2. The molecule has 1 amide bonds. The van der Waals surface area contributed by atoms with Gasteiger partial charge in [0, 0.05) is 6.54 Å². The average Bonchev–Trinajstić information content (AvgIpc) is 3.07. The molecular formula is C15H20ClFN2O2. The summed E-state index contributed by atoms with van der Waals surface area (Å²) >= 11 is 0. The lowest BCUT2D eigenvalue weighted by atomic mass is 10.1. The van der Waals surface area contributed by atoms with E-state index in [2.05, 4.69) is 5.32 Å². The van der Waals surface area contributed by atoms with Gasteiger partial charge in [0.1, 0.15) is 11.9 Å². The fraction of sp³-hybridized carbons (Fsp3) is 0.533. The summed E-state index contributed by atoms with van der Waals surface area (Å²) in [6, 6.07) is 4.94. The lowest BCUT2D eigenvalue weighted by Crippen LogP contribution is -2.37. The van der Waals surface area contributed by atoms with Crippen molar-refractivity contribution in [3.05, 3.63) is 35.1 Å². The Balaban J connectivity index is 0.00000161. The molecule has 1 fully saturated rings. The zero-order valence-corrected chi connectivity index (χ0v) is 12.5. The molecule has 2 aliphatic rings. The molecule has 3 atom stereocenters. The summed E-state index contributed by atoms with van der Waals surface area (Å²) in [6.07, 6.45) is 2.51. The Hall–Kier alpha value is -1.17.